The van der Waals surface area contributed by atoms with E-state index in [2.05, 4.69) is 10.3 Å². The molecule has 2 N–H and O–H groups in total. The van der Waals surface area contributed by atoms with Crippen molar-refractivity contribution < 1.29 is 19.1 Å². The minimum absolute atomic E-state index is 0.0462. The highest BCUT2D eigenvalue weighted by molar-refractivity contribution is 6.04. The van der Waals surface area contributed by atoms with Gasteiger partial charge in [-0.1, -0.05) is 18.2 Å². The van der Waals surface area contributed by atoms with Crippen LogP contribution in [0.4, 0.5) is 5.82 Å². The third-order valence-electron chi connectivity index (χ3n) is 2.90. The summed E-state index contributed by atoms with van der Waals surface area (Å²) >= 11 is 0. The Hall–Kier alpha value is -3.15. The van der Waals surface area contributed by atoms with Gasteiger partial charge in [0.15, 0.2) is 5.76 Å². The monoisotopic (exact) mass is 282 g/mol. The van der Waals surface area contributed by atoms with E-state index < -0.39 is 11.9 Å². The minimum Gasteiger partial charge on any atom is -0.478 e. The van der Waals surface area contributed by atoms with Gasteiger partial charge in [0.05, 0.1) is 5.56 Å². The summed E-state index contributed by atoms with van der Waals surface area (Å²) in [6.07, 6.45) is 1.32. The number of anilines is 1. The molecule has 0 spiro atoms. The molecule has 3 rings (SSSR count). The standard InChI is InChI=1S/C15H10N2O4/c18-14(12-7-9-3-1-2-4-11(9)21-12)17-13-8-10(15(19)20)5-6-16-13/h1-8H,(H,19,20)(H,16,17,18). The Morgan fingerprint density at radius 1 is 1.14 bits per heavy atom. The fourth-order valence-corrected chi connectivity index (χ4v) is 1.90. The van der Waals surface area contributed by atoms with Crippen molar-refractivity contribution in [1.82, 2.24) is 4.98 Å². The number of carboxylic acid groups (broad SMARTS) is 1. The van der Waals surface area contributed by atoms with Gasteiger partial charge in [0.25, 0.3) is 5.91 Å². The van der Waals surface area contributed by atoms with Crippen molar-refractivity contribution in [2.75, 3.05) is 5.32 Å². The van der Waals surface area contributed by atoms with Crippen molar-refractivity contribution in [3.8, 4) is 0 Å². The summed E-state index contributed by atoms with van der Waals surface area (Å²) in [5, 5.41) is 12.2. The highest BCUT2D eigenvalue weighted by Crippen LogP contribution is 2.19. The molecule has 0 aliphatic carbocycles. The van der Waals surface area contributed by atoms with E-state index >= 15 is 0 Å². The molecule has 0 aliphatic rings. The van der Waals surface area contributed by atoms with Gasteiger partial charge in [-0.05, 0) is 24.3 Å². The topological polar surface area (TPSA) is 92.4 Å². The molecule has 0 fully saturated rings. The number of para-hydroxylation sites is 1. The Balaban J connectivity index is 1.85. The average molecular weight is 282 g/mol. The van der Waals surface area contributed by atoms with E-state index in [9.17, 15) is 9.59 Å². The van der Waals surface area contributed by atoms with Crippen molar-refractivity contribution in [3.05, 3.63) is 60.0 Å². The fourth-order valence-electron chi connectivity index (χ4n) is 1.90. The molecule has 3 aromatic rings. The molecule has 0 saturated heterocycles. The van der Waals surface area contributed by atoms with Crippen molar-refractivity contribution >= 4 is 28.7 Å². The molecule has 21 heavy (non-hydrogen) atoms. The van der Waals surface area contributed by atoms with Gasteiger partial charge < -0.3 is 14.8 Å². The van der Waals surface area contributed by atoms with Gasteiger partial charge in [0, 0.05) is 11.6 Å². The number of furan rings is 1. The maximum Gasteiger partial charge on any atom is 0.335 e. The summed E-state index contributed by atoms with van der Waals surface area (Å²) < 4.78 is 5.42. The van der Waals surface area contributed by atoms with Gasteiger partial charge in [-0.2, -0.15) is 0 Å². The Bertz CT molecular complexity index is 805. The number of amides is 1. The molecule has 2 aromatic heterocycles. The number of carboxylic acids is 1. The van der Waals surface area contributed by atoms with Crippen molar-refractivity contribution in [3.63, 3.8) is 0 Å². The van der Waals surface area contributed by atoms with Crippen LogP contribution in [-0.2, 0) is 0 Å². The molecule has 0 saturated carbocycles. The number of fused-ring (bicyclic) bond motifs is 1. The molecule has 1 amide bonds. The molecule has 104 valence electrons. The van der Waals surface area contributed by atoms with E-state index in [4.69, 9.17) is 9.52 Å². The van der Waals surface area contributed by atoms with Gasteiger partial charge in [-0.25, -0.2) is 9.78 Å². The largest absolute Gasteiger partial charge is 0.478 e. The summed E-state index contributed by atoms with van der Waals surface area (Å²) in [5.74, 6) is -1.28. The van der Waals surface area contributed by atoms with Crippen LogP contribution in [0, 0.1) is 0 Å². The van der Waals surface area contributed by atoms with E-state index in [1.54, 1.807) is 12.1 Å². The highest BCUT2D eigenvalue weighted by atomic mass is 16.4. The number of benzene rings is 1. The lowest BCUT2D eigenvalue weighted by Crippen LogP contribution is -2.12. The maximum atomic E-state index is 12.1. The van der Waals surface area contributed by atoms with Crippen LogP contribution in [0.5, 0.6) is 0 Å². The summed E-state index contributed by atoms with van der Waals surface area (Å²) in [5.41, 5.74) is 0.653. The molecule has 0 unspecified atom stereocenters. The number of pyridine rings is 1. The number of carbonyl (C=O) groups excluding carboxylic acids is 1. The van der Waals surface area contributed by atoms with E-state index in [-0.39, 0.29) is 17.1 Å². The summed E-state index contributed by atoms with van der Waals surface area (Å²) in [4.78, 5) is 26.8. The summed E-state index contributed by atoms with van der Waals surface area (Å²) in [6, 6.07) is 11.5. The first-order chi connectivity index (χ1) is 10.1. The predicted molar refractivity (Wildman–Crippen MR) is 75.4 cm³/mol. The van der Waals surface area contributed by atoms with Gasteiger partial charge in [-0.3, -0.25) is 4.79 Å². The number of rotatable bonds is 3. The van der Waals surface area contributed by atoms with Crippen molar-refractivity contribution in [2.24, 2.45) is 0 Å². The zero-order valence-corrected chi connectivity index (χ0v) is 10.7. The number of carbonyl (C=O) groups is 2. The zero-order valence-electron chi connectivity index (χ0n) is 10.7. The van der Waals surface area contributed by atoms with Gasteiger partial charge in [0.1, 0.15) is 11.4 Å². The Labute approximate surface area is 119 Å². The Morgan fingerprint density at radius 3 is 2.71 bits per heavy atom. The summed E-state index contributed by atoms with van der Waals surface area (Å²) in [6.45, 7) is 0. The SMILES string of the molecule is O=C(O)c1ccnc(NC(=O)c2cc3ccccc3o2)c1. The van der Waals surface area contributed by atoms with E-state index in [1.165, 1.54) is 18.3 Å². The Morgan fingerprint density at radius 2 is 1.95 bits per heavy atom. The Kier molecular flexibility index (Phi) is 3.12. The first kappa shape index (κ1) is 12.9. The second-order valence-corrected chi connectivity index (χ2v) is 4.34. The van der Waals surface area contributed by atoms with Crippen LogP contribution in [0.25, 0.3) is 11.0 Å². The first-order valence-corrected chi connectivity index (χ1v) is 6.13. The molecular formula is C15H10N2O4. The minimum atomic E-state index is -1.09. The van der Waals surface area contributed by atoms with E-state index in [0.717, 1.165) is 5.39 Å². The average Bonchev–Trinajstić information content (AvgIpc) is 2.91. The molecule has 0 atom stereocenters. The maximum absolute atomic E-state index is 12.1. The van der Waals surface area contributed by atoms with E-state index in [1.807, 2.05) is 18.2 Å². The van der Waals surface area contributed by atoms with Gasteiger partial charge in [0.2, 0.25) is 0 Å². The first-order valence-electron chi connectivity index (χ1n) is 6.13. The third kappa shape index (κ3) is 2.59. The molecule has 0 bridgehead atoms. The molecule has 1 aromatic carbocycles. The number of hydrogen-bond donors (Lipinski definition) is 2. The number of hydrogen-bond acceptors (Lipinski definition) is 4. The van der Waals surface area contributed by atoms with Crippen LogP contribution >= 0.6 is 0 Å². The molecule has 0 aliphatic heterocycles. The fraction of sp³-hybridized carbons (Fsp3) is 0. The molecule has 6 heteroatoms. The van der Waals surface area contributed by atoms with Crippen LogP contribution in [0.15, 0.2) is 53.1 Å². The molecular weight excluding hydrogens is 272 g/mol. The third-order valence-corrected chi connectivity index (χ3v) is 2.90. The van der Waals surface area contributed by atoms with Crippen LogP contribution in [-0.4, -0.2) is 22.0 Å². The van der Waals surface area contributed by atoms with Crippen LogP contribution in [0.3, 0.4) is 0 Å². The highest BCUT2D eigenvalue weighted by Gasteiger charge is 2.13. The normalized spacial score (nSPS) is 10.5. The molecule has 0 radical (unpaired) electrons. The molecule has 6 nitrogen and oxygen atoms in total. The van der Waals surface area contributed by atoms with Gasteiger partial charge in [-0.15, -0.1) is 0 Å². The lowest BCUT2D eigenvalue weighted by molar-refractivity contribution is 0.0696. The van der Waals surface area contributed by atoms with Crippen LogP contribution < -0.4 is 5.32 Å². The van der Waals surface area contributed by atoms with Crippen molar-refractivity contribution in [2.45, 2.75) is 0 Å². The van der Waals surface area contributed by atoms with E-state index in [0.29, 0.717) is 5.58 Å². The quantitative estimate of drug-likeness (QED) is 0.770. The second-order valence-electron chi connectivity index (χ2n) is 4.34. The lowest BCUT2D eigenvalue weighted by Gasteiger charge is -2.02. The lowest BCUT2D eigenvalue weighted by atomic mass is 10.2. The predicted octanol–water partition coefficient (Wildman–Crippen LogP) is 2.78. The molecule has 2 heterocycles. The number of aromatic carboxylic acids is 1. The second kappa shape index (κ2) is 5.09. The van der Waals surface area contributed by atoms with Crippen LogP contribution in [0.2, 0.25) is 0 Å². The van der Waals surface area contributed by atoms with Crippen molar-refractivity contribution in [1.29, 1.82) is 0 Å². The number of aromatic nitrogens is 1. The van der Waals surface area contributed by atoms with Gasteiger partial charge >= 0.3 is 5.97 Å². The van der Waals surface area contributed by atoms with Crippen LogP contribution in [0.1, 0.15) is 20.9 Å². The summed E-state index contributed by atoms with van der Waals surface area (Å²) in [7, 11) is 0. The number of nitrogens with one attached hydrogen (secondary N) is 1. The smallest absolute Gasteiger partial charge is 0.335 e. The number of nitrogens with zero attached hydrogens (tertiary/aromatic N) is 1. The zero-order chi connectivity index (χ0) is 14.8.